The van der Waals surface area contributed by atoms with E-state index in [1.54, 1.807) is 0 Å². The number of rotatable bonds is 2. The second-order valence-corrected chi connectivity index (χ2v) is 3.13. The van der Waals surface area contributed by atoms with Gasteiger partial charge >= 0.3 is 0 Å². The summed E-state index contributed by atoms with van der Waals surface area (Å²) in [7, 11) is 0. The number of nitrogens with two attached hydrogens (primary N) is 2. The van der Waals surface area contributed by atoms with Crippen LogP contribution in [0.5, 0.6) is 0 Å². The van der Waals surface area contributed by atoms with E-state index >= 15 is 0 Å². The third-order valence-electron chi connectivity index (χ3n) is 2.27. The highest BCUT2D eigenvalue weighted by Crippen LogP contribution is 2.21. The number of H-pyrrole nitrogens is 1. The molecule has 1 atom stereocenters. The topological polar surface area (TPSA) is 67.8 Å². The van der Waals surface area contributed by atoms with Crippen molar-refractivity contribution in [2.45, 2.75) is 6.04 Å². The molecule has 0 radical (unpaired) electrons. The van der Waals surface area contributed by atoms with Crippen molar-refractivity contribution in [3.8, 4) is 0 Å². The van der Waals surface area contributed by atoms with E-state index in [2.05, 4.69) is 11.1 Å². The maximum atomic E-state index is 5.86. The van der Waals surface area contributed by atoms with Crippen LogP contribution < -0.4 is 11.5 Å². The van der Waals surface area contributed by atoms with E-state index in [0.29, 0.717) is 6.54 Å². The molecule has 2 rings (SSSR count). The maximum absolute atomic E-state index is 5.86. The van der Waals surface area contributed by atoms with Gasteiger partial charge in [0.2, 0.25) is 0 Å². The van der Waals surface area contributed by atoms with Gasteiger partial charge in [-0.2, -0.15) is 0 Å². The lowest BCUT2D eigenvalue weighted by Gasteiger charge is -2.06. The van der Waals surface area contributed by atoms with Gasteiger partial charge in [-0.3, -0.25) is 0 Å². The third-order valence-corrected chi connectivity index (χ3v) is 2.27. The third kappa shape index (κ3) is 1.32. The first kappa shape index (κ1) is 8.29. The van der Waals surface area contributed by atoms with E-state index in [1.165, 1.54) is 5.39 Å². The largest absolute Gasteiger partial charge is 0.361 e. The fourth-order valence-electron chi connectivity index (χ4n) is 1.53. The van der Waals surface area contributed by atoms with Crippen LogP contribution in [-0.4, -0.2) is 11.5 Å². The molecule has 0 unspecified atom stereocenters. The molecule has 0 spiro atoms. The Balaban J connectivity index is 2.57. The maximum Gasteiger partial charge on any atom is 0.0457 e. The molecule has 1 heterocycles. The Morgan fingerprint density at radius 3 is 2.85 bits per heavy atom. The van der Waals surface area contributed by atoms with Gasteiger partial charge in [-0.15, -0.1) is 0 Å². The van der Waals surface area contributed by atoms with Crippen molar-refractivity contribution in [1.82, 2.24) is 4.98 Å². The summed E-state index contributed by atoms with van der Waals surface area (Å²) < 4.78 is 0. The number of benzene rings is 1. The summed E-state index contributed by atoms with van der Waals surface area (Å²) in [5.41, 5.74) is 13.6. The summed E-state index contributed by atoms with van der Waals surface area (Å²) in [6, 6.07) is 8.01. The highest BCUT2D eigenvalue weighted by Gasteiger charge is 2.08. The molecule has 13 heavy (non-hydrogen) atoms. The van der Waals surface area contributed by atoms with Crippen molar-refractivity contribution in [3.05, 3.63) is 36.0 Å². The molecule has 0 saturated carbocycles. The van der Waals surface area contributed by atoms with E-state index in [1.807, 2.05) is 24.4 Å². The minimum absolute atomic E-state index is 0.0730. The minimum Gasteiger partial charge on any atom is -0.361 e. The van der Waals surface area contributed by atoms with Gasteiger partial charge < -0.3 is 16.5 Å². The summed E-state index contributed by atoms with van der Waals surface area (Å²) in [6.07, 6.45) is 1.93. The summed E-state index contributed by atoms with van der Waals surface area (Å²) in [4.78, 5) is 3.17. The highest BCUT2D eigenvalue weighted by atomic mass is 14.7. The van der Waals surface area contributed by atoms with E-state index in [-0.39, 0.29) is 6.04 Å². The first-order chi connectivity index (χ1) is 6.33. The van der Waals surface area contributed by atoms with E-state index in [0.717, 1.165) is 11.1 Å². The molecule has 0 saturated heterocycles. The van der Waals surface area contributed by atoms with Crippen molar-refractivity contribution in [1.29, 1.82) is 0 Å². The molecule has 0 aliphatic heterocycles. The number of fused-ring (bicyclic) bond motifs is 1. The molecule has 0 fully saturated rings. The van der Waals surface area contributed by atoms with Crippen LogP contribution in [0.25, 0.3) is 10.9 Å². The Labute approximate surface area is 76.7 Å². The van der Waals surface area contributed by atoms with Crippen LogP contribution in [0.2, 0.25) is 0 Å². The van der Waals surface area contributed by atoms with Gasteiger partial charge in [0.05, 0.1) is 0 Å². The average Bonchev–Trinajstić information content (AvgIpc) is 2.60. The second kappa shape index (κ2) is 3.20. The lowest BCUT2D eigenvalue weighted by Crippen LogP contribution is -2.20. The molecule has 68 valence electrons. The van der Waals surface area contributed by atoms with Crippen molar-refractivity contribution in [2.75, 3.05) is 6.54 Å². The zero-order valence-electron chi connectivity index (χ0n) is 7.33. The Kier molecular flexibility index (Phi) is 2.04. The molecule has 1 aromatic carbocycles. The number of nitrogens with one attached hydrogen (secondary N) is 1. The Morgan fingerprint density at radius 1 is 1.31 bits per heavy atom. The fourth-order valence-corrected chi connectivity index (χ4v) is 1.53. The van der Waals surface area contributed by atoms with Gasteiger partial charge in [-0.25, -0.2) is 0 Å². The predicted octanol–water partition coefficient (Wildman–Crippen LogP) is 1.13. The van der Waals surface area contributed by atoms with Crippen molar-refractivity contribution >= 4 is 10.9 Å². The van der Waals surface area contributed by atoms with Crippen LogP contribution in [-0.2, 0) is 0 Å². The normalized spacial score (nSPS) is 13.4. The van der Waals surface area contributed by atoms with Crippen LogP contribution in [0.4, 0.5) is 0 Å². The number of hydrogen-bond acceptors (Lipinski definition) is 2. The quantitative estimate of drug-likeness (QED) is 0.640. The average molecular weight is 175 g/mol. The second-order valence-electron chi connectivity index (χ2n) is 3.13. The zero-order chi connectivity index (χ0) is 9.26. The summed E-state index contributed by atoms with van der Waals surface area (Å²) >= 11 is 0. The van der Waals surface area contributed by atoms with Gasteiger partial charge in [0.15, 0.2) is 0 Å². The first-order valence-corrected chi connectivity index (χ1v) is 4.34. The van der Waals surface area contributed by atoms with Gasteiger partial charge in [-0.05, 0) is 11.6 Å². The van der Waals surface area contributed by atoms with Crippen LogP contribution in [0, 0.1) is 0 Å². The molecule has 3 nitrogen and oxygen atoms in total. The smallest absolute Gasteiger partial charge is 0.0457 e. The predicted molar refractivity (Wildman–Crippen MR) is 54.3 cm³/mol. The van der Waals surface area contributed by atoms with Crippen molar-refractivity contribution < 1.29 is 0 Å². The molecular weight excluding hydrogens is 162 g/mol. The molecular formula is C10H13N3. The van der Waals surface area contributed by atoms with E-state index in [4.69, 9.17) is 11.5 Å². The number of hydrogen-bond donors (Lipinski definition) is 3. The summed E-state index contributed by atoms with van der Waals surface area (Å²) in [5.74, 6) is 0. The summed E-state index contributed by atoms with van der Waals surface area (Å²) in [6.45, 7) is 0.474. The van der Waals surface area contributed by atoms with Gasteiger partial charge in [0.25, 0.3) is 0 Å². The first-order valence-electron chi connectivity index (χ1n) is 4.34. The molecule has 0 amide bonds. The van der Waals surface area contributed by atoms with Crippen LogP contribution >= 0.6 is 0 Å². The molecule has 0 bridgehead atoms. The molecule has 1 aromatic heterocycles. The van der Waals surface area contributed by atoms with Crippen LogP contribution in [0.1, 0.15) is 11.6 Å². The van der Waals surface area contributed by atoms with Crippen molar-refractivity contribution in [3.63, 3.8) is 0 Å². The van der Waals surface area contributed by atoms with Gasteiger partial charge in [-0.1, -0.05) is 18.2 Å². The van der Waals surface area contributed by atoms with Crippen LogP contribution in [0.3, 0.4) is 0 Å². The lowest BCUT2D eigenvalue weighted by atomic mass is 10.1. The SMILES string of the molecule is NC[C@@H](N)c1c[nH]c2ccccc12. The van der Waals surface area contributed by atoms with Crippen molar-refractivity contribution in [2.24, 2.45) is 11.5 Å². The fraction of sp³-hybridized carbons (Fsp3) is 0.200. The van der Waals surface area contributed by atoms with Gasteiger partial charge in [0.1, 0.15) is 0 Å². The van der Waals surface area contributed by atoms with Crippen LogP contribution in [0.15, 0.2) is 30.5 Å². The molecule has 0 aliphatic carbocycles. The molecule has 2 aromatic rings. The lowest BCUT2D eigenvalue weighted by molar-refractivity contribution is 0.743. The number of para-hydroxylation sites is 1. The molecule has 5 N–H and O–H groups in total. The molecule has 3 heteroatoms. The Hall–Kier alpha value is -1.32. The number of aromatic nitrogens is 1. The minimum atomic E-state index is -0.0730. The highest BCUT2D eigenvalue weighted by molar-refractivity contribution is 5.83. The van der Waals surface area contributed by atoms with Gasteiger partial charge in [0, 0.05) is 29.7 Å². The summed E-state index contributed by atoms with van der Waals surface area (Å²) in [5, 5.41) is 1.17. The van der Waals surface area contributed by atoms with E-state index < -0.39 is 0 Å². The Bertz CT molecular complexity index is 405. The monoisotopic (exact) mass is 175 g/mol. The molecule has 0 aliphatic rings. The van der Waals surface area contributed by atoms with E-state index in [9.17, 15) is 0 Å². The standard InChI is InChI=1S/C10H13N3/c11-5-9(12)8-6-13-10-4-2-1-3-7(8)10/h1-4,6,9,13H,5,11-12H2/t9-/m1/s1. The number of aromatic amines is 1. The Morgan fingerprint density at radius 2 is 2.08 bits per heavy atom. The zero-order valence-corrected chi connectivity index (χ0v) is 7.33.